The van der Waals surface area contributed by atoms with E-state index in [0.29, 0.717) is 56.2 Å². The number of amides is 3. The number of alkyl halides is 1. The number of carbonyl (C=O) groups excluding carboxylic acids is 3. The minimum Gasteiger partial charge on any atom is -0.445 e. The Kier molecular flexibility index (Phi) is 9.36. The third-order valence-electron chi connectivity index (χ3n) is 8.48. The Labute approximate surface area is 239 Å². The molecule has 3 fully saturated rings. The normalized spacial score (nSPS) is 23.7. The van der Waals surface area contributed by atoms with E-state index in [4.69, 9.17) is 4.74 Å². The van der Waals surface area contributed by atoms with Crippen LogP contribution in [0, 0.1) is 11.7 Å². The van der Waals surface area contributed by atoms with Gasteiger partial charge in [-0.25, -0.2) is 13.6 Å². The number of piperidine rings is 3. The number of carbonyl (C=O) groups is 3. The maximum atomic E-state index is 15.0. The van der Waals surface area contributed by atoms with E-state index in [-0.39, 0.29) is 36.9 Å². The largest absolute Gasteiger partial charge is 0.445 e. The minimum absolute atomic E-state index is 0.179. The summed E-state index contributed by atoms with van der Waals surface area (Å²) in [4.78, 5) is 39.9. The summed E-state index contributed by atoms with van der Waals surface area (Å²) in [7, 11) is 0. The lowest BCUT2D eigenvalue weighted by molar-refractivity contribution is -0.133. The lowest BCUT2D eigenvalue weighted by Gasteiger charge is -2.38. The summed E-state index contributed by atoms with van der Waals surface area (Å²) in [6.07, 6.45) is 3.39. The van der Waals surface area contributed by atoms with Crippen LogP contribution in [-0.2, 0) is 20.9 Å². The van der Waals surface area contributed by atoms with Crippen molar-refractivity contribution in [2.45, 2.75) is 76.2 Å². The zero-order valence-corrected chi connectivity index (χ0v) is 23.2. The number of hydrogen-bond donors (Lipinski definition) is 2. The van der Waals surface area contributed by atoms with Gasteiger partial charge < -0.3 is 19.9 Å². The number of halogens is 2. The molecule has 0 saturated carbocycles. The maximum Gasteiger partial charge on any atom is 0.410 e. The second-order valence-corrected chi connectivity index (χ2v) is 11.3. The Hall–Kier alpha value is -3.69. The lowest BCUT2D eigenvalue weighted by atomic mass is 9.87. The van der Waals surface area contributed by atoms with E-state index in [1.165, 1.54) is 6.07 Å². The second-order valence-electron chi connectivity index (χ2n) is 11.3. The minimum atomic E-state index is -0.907. The molecule has 3 aliphatic rings. The van der Waals surface area contributed by atoms with Gasteiger partial charge in [0.2, 0.25) is 11.8 Å². The molecule has 2 aromatic rings. The van der Waals surface area contributed by atoms with Gasteiger partial charge in [-0.05, 0) is 74.6 Å². The molecule has 3 amide bonds. The molecule has 10 heteroatoms. The zero-order chi connectivity index (χ0) is 28.8. The van der Waals surface area contributed by atoms with Crippen LogP contribution in [0.4, 0.5) is 25.0 Å². The number of benzene rings is 2. The third-order valence-corrected chi connectivity index (χ3v) is 8.48. The summed E-state index contributed by atoms with van der Waals surface area (Å²) >= 11 is 0. The highest BCUT2D eigenvalue weighted by atomic mass is 19.1. The van der Waals surface area contributed by atoms with Gasteiger partial charge >= 0.3 is 6.09 Å². The molecule has 3 aliphatic heterocycles. The smallest absolute Gasteiger partial charge is 0.410 e. The first-order valence-corrected chi connectivity index (χ1v) is 14.6. The highest BCUT2D eigenvalue weighted by Gasteiger charge is 2.33. The third kappa shape index (κ3) is 7.54. The summed E-state index contributed by atoms with van der Waals surface area (Å²) in [6.45, 7) is 1.98. The summed E-state index contributed by atoms with van der Waals surface area (Å²) in [5, 5.41) is 5.32. The number of nitrogens with one attached hydrogen (secondary N) is 2. The van der Waals surface area contributed by atoms with E-state index >= 15 is 4.39 Å². The van der Waals surface area contributed by atoms with Gasteiger partial charge in [0, 0.05) is 37.8 Å². The predicted octanol–water partition coefficient (Wildman–Crippen LogP) is 5.18. The van der Waals surface area contributed by atoms with Crippen molar-refractivity contribution in [3.8, 4) is 0 Å². The molecule has 0 bridgehead atoms. The predicted molar refractivity (Wildman–Crippen MR) is 152 cm³/mol. The van der Waals surface area contributed by atoms with Crippen molar-refractivity contribution >= 4 is 29.3 Å². The highest BCUT2D eigenvalue weighted by molar-refractivity contribution is 6.01. The summed E-state index contributed by atoms with van der Waals surface area (Å²) in [6, 6.07) is 13.7. The molecule has 0 radical (unpaired) electrons. The molecule has 3 heterocycles. The number of imide groups is 1. The van der Waals surface area contributed by atoms with Gasteiger partial charge in [0.05, 0.1) is 5.69 Å². The van der Waals surface area contributed by atoms with E-state index in [1.807, 2.05) is 35.2 Å². The molecule has 41 heavy (non-hydrogen) atoms. The number of nitrogens with zero attached hydrogens (tertiary/aromatic N) is 2. The van der Waals surface area contributed by atoms with E-state index in [1.54, 1.807) is 17.0 Å². The Morgan fingerprint density at radius 1 is 1.00 bits per heavy atom. The van der Waals surface area contributed by atoms with Gasteiger partial charge in [-0.2, -0.15) is 0 Å². The molecular weight excluding hydrogens is 530 g/mol. The molecular formula is C31H38F2N4O4. The Morgan fingerprint density at radius 3 is 2.51 bits per heavy atom. The monoisotopic (exact) mass is 568 g/mol. The van der Waals surface area contributed by atoms with E-state index in [9.17, 15) is 18.8 Å². The number of rotatable bonds is 8. The van der Waals surface area contributed by atoms with Crippen molar-refractivity contribution in [2.24, 2.45) is 5.92 Å². The Morgan fingerprint density at radius 2 is 1.78 bits per heavy atom. The first-order chi connectivity index (χ1) is 19.9. The molecule has 2 aromatic carbocycles. The van der Waals surface area contributed by atoms with Crippen molar-refractivity contribution < 1.29 is 27.9 Å². The van der Waals surface area contributed by atoms with Crippen molar-refractivity contribution in [2.75, 3.05) is 29.9 Å². The average molecular weight is 569 g/mol. The average Bonchev–Trinajstić information content (AvgIpc) is 2.97. The van der Waals surface area contributed by atoms with Crippen molar-refractivity contribution in [3.05, 3.63) is 59.9 Å². The second kappa shape index (κ2) is 13.3. The summed E-state index contributed by atoms with van der Waals surface area (Å²) in [5.74, 6) is -0.621. The molecule has 2 N–H and O–H groups in total. The van der Waals surface area contributed by atoms with Gasteiger partial charge in [0.15, 0.2) is 0 Å². The standard InChI is InChI=1S/C31H38F2N4O4/c32-23-14-17-37(31(40)41-20-22-4-2-1-3-5-22)25(18-23)8-6-21-12-15-36(16-13-21)28-10-7-24(19-26(28)33)34-27-9-11-29(38)35-30(27)39/h1-5,7,10,19,21,23,25,27,34H,6,8-9,11-18,20H2,(H,35,38,39). The first-order valence-electron chi connectivity index (χ1n) is 14.6. The van der Waals surface area contributed by atoms with Gasteiger partial charge in [-0.15, -0.1) is 0 Å². The van der Waals surface area contributed by atoms with Crippen LogP contribution in [0.5, 0.6) is 0 Å². The van der Waals surface area contributed by atoms with Crippen molar-refractivity contribution in [1.82, 2.24) is 10.2 Å². The van der Waals surface area contributed by atoms with Crippen LogP contribution in [-0.4, -0.2) is 60.7 Å². The van der Waals surface area contributed by atoms with E-state index in [2.05, 4.69) is 10.6 Å². The molecule has 0 aliphatic carbocycles. The number of hydrogen-bond acceptors (Lipinski definition) is 6. The molecule has 3 atom stereocenters. The van der Waals surface area contributed by atoms with Crippen LogP contribution < -0.4 is 15.5 Å². The lowest BCUT2D eigenvalue weighted by Crippen LogP contribution is -2.47. The highest BCUT2D eigenvalue weighted by Crippen LogP contribution is 2.32. The quantitative estimate of drug-likeness (QED) is 0.427. The fourth-order valence-electron chi connectivity index (χ4n) is 6.09. The van der Waals surface area contributed by atoms with E-state index < -0.39 is 18.1 Å². The zero-order valence-electron chi connectivity index (χ0n) is 23.2. The molecule has 0 spiro atoms. The maximum absolute atomic E-state index is 15.0. The van der Waals surface area contributed by atoms with Gasteiger partial charge in [0.25, 0.3) is 0 Å². The van der Waals surface area contributed by atoms with Crippen molar-refractivity contribution in [1.29, 1.82) is 0 Å². The first kappa shape index (κ1) is 28.8. The van der Waals surface area contributed by atoms with Crippen LogP contribution in [0.15, 0.2) is 48.5 Å². The number of ether oxygens (including phenoxy) is 1. The topological polar surface area (TPSA) is 91.0 Å². The van der Waals surface area contributed by atoms with Gasteiger partial charge in [-0.1, -0.05) is 30.3 Å². The number of likely N-dealkylation sites (tertiary alicyclic amines) is 1. The fourth-order valence-corrected chi connectivity index (χ4v) is 6.09. The molecule has 5 rings (SSSR count). The Bertz CT molecular complexity index is 1220. The van der Waals surface area contributed by atoms with Crippen LogP contribution in [0.3, 0.4) is 0 Å². The molecule has 8 nitrogen and oxygen atoms in total. The Balaban J connectivity index is 1.09. The molecule has 0 aromatic heterocycles. The summed E-state index contributed by atoms with van der Waals surface area (Å²) in [5.41, 5.74) is 1.94. The molecule has 3 unspecified atom stereocenters. The van der Waals surface area contributed by atoms with Gasteiger partial charge in [0.1, 0.15) is 24.6 Å². The fraction of sp³-hybridized carbons (Fsp3) is 0.516. The van der Waals surface area contributed by atoms with Crippen LogP contribution in [0.1, 0.15) is 56.9 Å². The van der Waals surface area contributed by atoms with Crippen LogP contribution in [0.25, 0.3) is 0 Å². The molecule has 220 valence electrons. The molecule has 3 saturated heterocycles. The van der Waals surface area contributed by atoms with Gasteiger partial charge in [-0.3, -0.25) is 14.9 Å². The van der Waals surface area contributed by atoms with Crippen LogP contribution >= 0.6 is 0 Å². The SMILES string of the molecule is O=C1CCC(Nc2ccc(N3CCC(CCC4CC(F)CCN4C(=O)OCc4ccccc4)CC3)c(F)c2)C(=O)N1. The van der Waals surface area contributed by atoms with Crippen LogP contribution in [0.2, 0.25) is 0 Å². The van der Waals surface area contributed by atoms with E-state index in [0.717, 1.165) is 31.2 Å². The van der Waals surface area contributed by atoms with Crippen molar-refractivity contribution in [3.63, 3.8) is 0 Å². The summed E-state index contributed by atoms with van der Waals surface area (Å²) < 4.78 is 34.9. The number of anilines is 2.